The number of carboxylic acid groups (broad SMARTS) is 3. The Morgan fingerprint density at radius 3 is 1.07 bits per heavy atom. The average Bonchev–Trinajstić information content (AvgIpc) is 2.00. The lowest BCUT2D eigenvalue weighted by Crippen LogP contribution is -2.39. The van der Waals surface area contributed by atoms with Crippen LogP contribution in [0.5, 0.6) is 0 Å². The minimum atomic E-state index is -2.27. The van der Waals surface area contributed by atoms with Gasteiger partial charge in [-0.1, -0.05) is 0 Å². The van der Waals surface area contributed by atoms with E-state index < -0.39 is 30.2 Å². The molecule has 0 aromatic carbocycles. The summed E-state index contributed by atoms with van der Waals surface area (Å²) in [7, 11) is 0. The summed E-state index contributed by atoms with van der Waals surface area (Å²) < 4.78 is 0. The summed E-state index contributed by atoms with van der Waals surface area (Å²) in [4.78, 5) is 28.3. The van der Waals surface area contributed by atoms with E-state index in [2.05, 4.69) is 5.73 Å². The van der Waals surface area contributed by atoms with Gasteiger partial charge in [0.2, 0.25) is 0 Å². The second-order valence-corrected chi connectivity index (χ2v) is 1.90. The minimum absolute atomic E-state index is 1.33. The highest BCUT2D eigenvalue weighted by Gasteiger charge is 2.29. The van der Waals surface area contributed by atoms with Crippen molar-refractivity contribution in [1.29, 1.82) is 0 Å². The molecule has 0 bridgehead atoms. The van der Waals surface area contributed by atoms with Crippen molar-refractivity contribution >= 4 is 18.0 Å². The van der Waals surface area contributed by atoms with Crippen molar-refractivity contribution in [2.45, 2.75) is 12.2 Å². The highest BCUT2D eigenvalue weighted by Crippen LogP contribution is 1.92. The fourth-order valence-electron chi connectivity index (χ4n) is 0.270. The molecule has 0 aromatic heterocycles. The zero-order chi connectivity index (χ0) is 11.9. The number of hydrogen-bond acceptors (Lipinski definition) is 5. The van der Waals surface area contributed by atoms with Crippen LogP contribution in [0.4, 0.5) is 4.79 Å². The molecule has 0 aliphatic rings. The van der Waals surface area contributed by atoms with Gasteiger partial charge in [0.25, 0.3) is 0 Å². The van der Waals surface area contributed by atoms with E-state index in [1.54, 1.807) is 0 Å². The first-order valence-electron chi connectivity index (χ1n) is 3.00. The smallest absolute Gasteiger partial charge is 0.402 e. The van der Waals surface area contributed by atoms with E-state index in [-0.39, 0.29) is 0 Å². The highest BCUT2D eigenvalue weighted by molar-refractivity contribution is 5.83. The Kier molecular flexibility index (Phi) is 6.93. The number of amides is 1. The molecule has 2 unspecified atom stereocenters. The number of aliphatic carboxylic acids is 2. The molecule has 0 fully saturated rings. The molecule has 9 nitrogen and oxygen atoms in total. The molecule has 14 heavy (non-hydrogen) atoms. The Bertz CT molecular complexity index is 204. The SMILES string of the molecule is NC(=O)O.O=C(O)C(O)C(O)C(=O)O. The van der Waals surface area contributed by atoms with Crippen molar-refractivity contribution in [2.75, 3.05) is 0 Å². The number of carboxylic acids is 2. The number of aliphatic hydroxyl groups excluding tert-OH is 2. The maximum Gasteiger partial charge on any atom is 0.402 e. The lowest BCUT2D eigenvalue weighted by molar-refractivity contribution is -0.165. The van der Waals surface area contributed by atoms with E-state index in [9.17, 15) is 9.59 Å². The average molecular weight is 211 g/mol. The van der Waals surface area contributed by atoms with Gasteiger partial charge in [0.1, 0.15) is 0 Å². The molecule has 0 saturated heterocycles. The summed E-state index contributed by atoms with van der Waals surface area (Å²) in [6, 6.07) is 0. The molecule has 1 amide bonds. The van der Waals surface area contributed by atoms with Crippen molar-refractivity contribution in [2.24, 2.45) is 5.73 Å². The summed E-state index contributed by atoms with van der Waals surface area (Å²) >= 11 is 0. The first-order chi connectivity index (χ1) is 6.20. The van der Waals surface area contributed by atoms with Gasteiger partial charge in [0.05, 0.1) is 0 Å². The lowest BCUT2D eigenvalue weighted by atomic mass is 10.2. The molecular weight excluding hydrogens is 202 g/mol. The molecule has 0 aliphatic carbocycles. The van der Waals surface area contributed by atoms with E-state index in [0.29, 0.717) is 0 Å². The Hall–Kier alpha value is -1.87. The van der Waals surface area contributed by atoms with Crippen LogP contribution in [0.1, 0.15) is 0 Å². The Balaban J connectivity index is 0. The largest absolute Gasteiger partial charge is 0.479 e. The summed E-state index contributed by atoms with van der Waals surface area (Å²) in [5, 5.41) is 39.7. The quantitative estimate of drug-likeness (QED) is 0.296. The van der Waals surface area contributed by atoms with Crippen LogP contribution in [0, 0.1) is 0 Å². The van der Waals surface area contributed by atoms with Gasteiger partial charge in [-0.15, -0.1) is 0 Å². The van der Waals surface area contributed by atoms with Gasteiger partial charge in [-0.05, 0) is 0 Å². The molecule has 0 radical (unpaired) electrons. The van der Waals surface area contributed by atoms with Crippen LogP contribution in [-0.2, 0) is 9.59 Å². The molecule has 0 heterocycles. The second kappa shape index (κ2) is 6.62. The van der Waals surface area contributed by atoms with Crippen LogP contribution in [0.25, 0.3) is 0 Å². The predicted molar refractivity (Wildman–Crippen MR) is 39.5 cm³/mol. The van der Waals surface area contributed by atoms with Crippen molar-refractivity contribution in [3.8, 4) is 0 Å². The number of aliphatic hydroxyl groups is 2. The van der Waals surface area contributed by atoms with E-state index >= 15 is 0 Å². The van der Waals surface area contributed by atoms with Crippen LogP contribution in [0.2, 0.25) is 0 Å². The zero-order valence-corrected chi connectivity index (χ0v) is 6.69. The maximum atomic E-state index is 9.77. The Morgan fingerprint density at radius 2 is 1.00 bits per heavy atom. The third-order valence-corrected chi connectivity index (χ3v) is 0.805. The van der Waals surface area contributed by atoms with E-state index in [4.69, 9.17) is 30.3 Å². The van der Waals surface area contributed by atoms with Gasteiger partial charge >= 0.3 is 18.0 Å². The second-order valence-electron chi connectivity index (χ2n) is 1.90. The summed E-state index contributed by atoms with van der Waals surface area (Å²) in [6.07, 6.45) is -5.87. The van der Waals surface area contributed by atoms with Gasteiger partial charge in [0, 0.05) is 0 Å². The Morgan fingerprint density at radius 1 is 0.857 bits per heavy atom. The first-order valence-corrected chi connectivity index (χ1v) is 3.00. The predicted octanol–water partition coefficient (Wildman–Crippen LogP) is -2.50. The number of primary amides is 1. The van der Waals surface area contributed by atoms with Crippen molar-refractivity contribution in [3.05, 3.63) is 0 Å². The molecule has 82 valence electrons. The van der Waals surface area contributed by atoms with Crippen LogP contribution in [0.3, 0.4) is 0 Å². The standard InChI is InChI=1S/C4H6O6.CH3NO2/c5-1(3(7)8)2(6)4(9)10;2-1(3)4/h1-2,5-6H,(H,7,8)(H,9,10);2H2,(H,3,4). The molecule has 2 atom stereocenters. The lowest BCUT2D eigenvalue weighted by Gasteiger charge is -2.07. The fraction of sp³-hybridized carbons (Fsp3) is 0.400. The molecular formula is C5H9NO8. The van der Waals surface area contributed by atoms with Crippen LogP contribution in [-0.4, -0.2) is 55.8 Å². The van der Waals surface area contributed by atoms with E-state index in [1.807, 2.05) is 0 Å². The van der Waals surface area contributed by atoms with Gasteiger partial charge < -0.3 is 31.3 Å². The zero-order valence-electron chi connectivity index (χ0n) is 6.69. The van der Waals surface area contributed by atoms with Crippen LogP contribution in [0.15, 0.2) is 0 Å². The summed E-state index contributed by atoms with van der Waals surface area (Å²) in [5.41, 5.74) is 4.03. The Labute approximate surface area is 77.0 Å². The summed E-state index contributed by atoms with van der Waals surface area (Å²) in [5.74, 6) is -3.54. The molecule has 0 aliphatic heterocycles. The third-order valence-electron chi connectivity index (χ3n) is 0.805. The summed E-state index contributed by atoms with van der Waals surface area (Å²) in [6.45, 7) is 0. The van der Waals surface area contributed by atoms with Crippen molar-refractivity contribution < 1.29 is 39.9 Å². The topological polar surface area (TPSA) is 178 Å². The molecule has 9 heteroatoms. The van der Waals surface area contributed by atoms with Gasteiger partial charge in [0.15, 0.2) is 12.2 Å². The van der Waals surface area contributed by atoms with Crippen molar-refractivity contribution in [1.82, 2.24) is 0 Å². The monoisotopic (exact) mass is 211 g/mol. The number of hydrogen-bond donors (Lipinski definition) is 6. The van der Waals surface area contributed by atoms with Gasteiger partial charge in [-0.3, -0.25) is 0 Å². The van der Waals surface area contributed by atoms with Crippen LogP contribution < -0.4 is 5.73 Å². The maximum absolute atomic E-state index is 9.77. The number of nitrogens with two attached hydrogens (primary N) is 1. The third kappa shape index (κ3) is 8.23. The molecule has 0 saturated carbocycles. The minimum Gasteiger partial charge on any atom is -0.479 e. The van der Waals surface area contributed by atoms with Gasteiger partial charge in [-0.25, -0.2) is 14.4 Å². The number of rotatable bonds is 3. The fourth-order valence-corrected chi connectivity index (χ4v) is 0.270. The molecule has 0 aromatic rings. The van der Waals surface area contributed by atoms with Crippen molar-refractivity contribution in [3.63, 3.8) is 0 Å². The van der Waals surface area contributed by atoms with E-state index in [1.165, 1.54) is 0 Å². The molecule has 0 spiro atoms. The highest BCUT2D eigenvalue weighted by atomic mass is 16.4. The number of carbonyl (C=O) groups is 3. The molecule has 7 N–H and O–H groups in total. The first kappa shape index (κ1) is 14.6. The molecule has 0 rings (SSSR count). The normalized spacial score (nSPS) is 13.0. The van der Waals surface area contributed by atoms with Gasteiger partial charge in [-0.2, -0.15) is 0 Å². The van der Waals surface area contributed by atoms with Crippen LogP contribution >= 0.6 is 0 Å². The van der Waals surface area contributed by atoms with E-state index in [0.717, 1.165) is 0 Å².